The van der Waals surface area contributed by atoms with Gasteiger partial charge in [-0.25, -0.2) is 4.98 Å². The third-order valence-electron chi connectivity index (χ3n) is 4.03. The molecule has 0 saturated carbocycles. The Morgan fingerprint density at radius 3 is 2.78 bits per heavy atom. The molecule has 1 N–H and O–H groups in total. The fourth-order valence-corrected chi connectivity index (χ4v) is 2.67. The summed E-state index contributed by atoms with van der Waals surface area (Å²) < 4.78 is 5.47. The van der Waals surface area contributed by atoms with Gasteiger partial charge in [0.25, 0.3) is 0 Å². The summed E-state index contributed by atoms with van der Waals surface area (Å²) in [6, 6.07) is 0.538. The van der Waals surface area contributed by atoms with Crippen molar-refractivity contribution < 1.29 is 4.42 Å². The van der Waals surface area contributed by atoms with Crippen molar-refractivity contribution in [1.29, 1.82) is 0 Å². The number of likely N-dealkylation sites (tertiary alicyclic amines) is 1. The first kappa shape index (κ1) is 13.6. The van der Waals surface area contributed by atoms with Gasteiger partial charge >= 0.3 is 0 Å². The van der Waals surface area contributed by atoms with Crippen LogP contribution in [-0.2, 0) is 6.54 Å². The summed E-state index contributed by atoms with van der Waals surface area (Å²) in [5, 5.41) is 3.54. The van der Waals surface area contributed by atoms with E-state index in [0.717, 1.165) is 24.1 Å². The van der Waals surface area contributed by atoms with Crippen molar-refractivity contribution >= 4 is 0 Å². The molecule has 1 aliphatic heterocycles. The highest BCUT2D eigenvalue weighted by Gasteiger charge is 2.22. The Labute approximate surface area is 110 Å². The number of oxazole rings is 1. The lowest BCUT2D eigenvalue weighted by atomic mass is 9.90. The van der Waals surface area contributed by atoms with Crippen molar-refractivity contribution in [2.45, 2.75) is 46.2 Å². The topological polar surface area (TPSA) is 41.3 Å². The van der Waals surface area contributed by atoms with Crippen LogP contribution in [0.2, 0.25) is 0 Å². The normalized spacial score (nSPS) is 20.2. The van der Waals surface area contributed by atoms with Crippen molar-refractivity contribution in [1.82, 2.24) is 15.2 Å². The molecular weight excluding hydrogens is 226 g/mol. The predicted octanol–water partition coefficient (Wildman–Crippen LogP) is 2.19. The molecule has 4 heteroatoms. The molecule has 2 heterocycles. The highest BCUT2D eigenvalue weighted by molar-refractivity contribution is 4.91. The van der Waals surface area contributed by atoms with E-state index < -0.39 is 0 Å². The van der Waals surface area contributed by atoms with E-state index in [4.69, 9.17) is 4.42 Å². The Kier molecular flexibility index (Phi) is 4.78. The molecule has 2 rings (SSSR count). The lowest BCUT2D eigenvalue weighted by Crippen LogP contribution is -2.41. The van der Waals surface area contributed by atoms with Crippen LogP contribution in [0.4, 0.5) is 0 Å². The minimum Gasteiger partial charge on any atom is -0.445 e. The lowest BCUT2D eigenvalue weighted by Gasteiger charge is -2.34. The SMILES string of the molecule is CCN1CCC(C(C)NCc2ncc(C)o2)CC1. The van der Waals surface area contributed by atoms with Gasteiger partial charge in [-0.15, -0.1) is 0 Å². The van der Waals surface area contributed by atoms with Gasteiger partial charge in [-0.3, -0.25) is 0 Å². The third-order valence-corrected chi connectivity index (χ3v) is 4.03. The summed E-state index contributed by atoms with van der Waals surface area (Å²) in [5.41, 5.74) is 0. The molecule has 1 saturated heterocycles. The largest absolute Gasteiger partial charge is 0.445 e. The van der Waals surface area contributed by atoms with Crippen molar-refractivity contribution in [3.8, 4) is 0 Å². The minimum absolute atomic E-state index is 0.538. The summed E-state index contributed by atoms with van der Waals surface area (Å²) in [7, 11) is 0. The van der Waals surface area contributed by atoms with Gasteiger partial charge in [0.15, 0.2) is 0 Å². The highest BCUT2D eigenvalue weighted by atomic mass is 16.4. The van der Waals surface area contributed by atoms with Crippen molar-refractivity contribution in [3.63, 3.8) is 0 Å². The molecular formula is C14H25N3O. The number of aryl methyl sites for hydroxylation is 1. The molecule has 0 spiro atoms. The smallest absolute Gasteiger partial charge is 0.208 e. The minimum atomic E-state index is 0.538. The summed E-state index contributed by atoms with van der Waals surface area (Å²) in [4.78, 5) is 6.75. The van der Waals surface area contributed by atoms with Gasteiger partial charge in [0, 0.05) is 6.04 Å². The Morgan fingerprint density at radius 1 is 1.50 bits per heavy atom. The van der Waals surface area contributed by atoms with Crippen molar-refractivity contribution in [2.75, 3.05) is 19.6 Å². The van der Waals surface area contributed by atoms with E-state index in [1.807, 2.05) is 6.92 Å². The van der Waals surface area contributed by atoms with E-state index in [1.165, 1.54) is 32.5 Å². The summed E-state index contributed by atoms with van der Waals surface area (Å²) in [6.45, 7) is 10.9. The second-order valence-corrected chi connectivity index (χ2v) is 5.31. The van der Waals surface area contributed by atoms with Gasteiger partial charge in [-0.1, -0.05) is 6.92 Å². The summed E-state index contributed by atoms with van der Waals surface area (Å²) in [6.07, 6.45) is 4.38. The van der Waals surface area contributed by atoms with Crippen LogP contribution in [0.25, 0.3) is 0 Å². The number of hydrogen-bond donors (Lipinski definition) is 1. The maximum Gasteiger partial charge on any atom is 0.208 e. The van der Waals surface area contributed by atoms with Gasteiger partial charge in [-0.05, 0) is 52.2 Å². The van der Waals surface area contributed by atoms with Gasteiger partial charge in [0.2, 0.25) is 5.89 Å². The van der Waals surface area contributed by atoms with Gasteiger partial charge < -0.3 is 14.6 Å². The molecule has 4 nitrogen and oxygen atoms in total. The summed E-state index contributed by atoms with van der Waals surface area (Å²) in [5.74, 6) is 2.46. The zero-order valence-electron chi connectivity index (χ0n) is 11.8. The molecule has 0 aliphatic carbocycles. The first-order valence-corrected chi connectivity index (χ1v) is 7.06. The number of piperidine rings is 1. The van der Waals surface area contributed by atoms with Crippen LogP contribution in [0.5, 0.6) is 0 Å². The van der Waals surface area contributed by atoms with Gasteiger partial charge in [0.05, 0.1) is 12.7 Å². The van der Waals surface area contributed by atoms with Crippen LogP contribution >= 0.6 is 0 Å². The third kappa shape index (κ3) is 3.56. The van der Waals surface area contributed by atoms with Gasteiger partial charge in [-0.2, -0.15) is 0 Å². The molecule has 18 heavy (non-hydrogen) atoms. The number of hydrogen-bond acceptors (Lipinski definition) is 4. The molecule has 1 aromatic rings. The first-order valence-electron chi connectivity index (χ1n) is 7.06. The average Bonchev–Trinajstić information content (AvgIpc) is 2.82. The fraction of sp³-hybridized carbons (Fsp3) is 0.786. The maximum absolute atomic E-state index is 5.47. The molecule has 0 radical (unpaired) electrons. The number of nitrogens with one attached hydrogen (secondary N) is 1. The molecule has 1 unspecified atom stereocenters. The molecule has 1 atom stereocenters. The van der Waals surface area contributed by atoms with Crippen LogP contribution in [0.3, 0.4) is 0 Å². The van der Waals surface area contributed by atoms with Crippen molar-refractivity contribution in [2.24, 2.45) is 5.92 Å². The molecule has 1 aliphatic rings. The molecule has 0 bridgehead atoms. The van der Waals surface area contributed by atoms with Gasteiger partial charge in [0.1, 0.15) is 5.76 Å². The Hall–Kier alpha value is -0.870. The Balaban J connectivity index is 1.73. The zero-order valence-corrected chi connectivity index (χ0v) is 11.8. The Bertz CT molecular complexity index is 356. The fourth-order valence-electron chi connectivity index (χ4n) is 2.67. The maximum atomic E-state index is 5.47. The molecule has 0 amide bonds. The van der Waals surface area contributed by atoms with Crippen molar-refractivity contribution in [3.05, 3.63) is 17.8 Å². The van der Waals surface area contributed by atoms with E-state index in [2.05, 4.69) is 29.0 Å². The quantitative estimate of drug-likeness (QED) is 0.871. The standard InChI is InChI=1S/C14H25N3O/c1-4-17-7-5-13(6-8-17)12(3)15-10-14-16-9-11(2)18-14/h9,12-13,15H,4-8,10H2,1-3H3. The predicted molar refractivity (Wildman–Crippen MR) is 72.4 cm³/mol. The molecule has 1 fully saturated rings. The van der Waals surface area contributed by atoms with Crippen LogP contribution in [0, 0.1) is 12.8 Å². The van der Waals surface area contributed by atoms with E-state index in [0.29, 0.717) is 6.04 Å². The van der Waals surface area contributed by atoms with Crippen LogP contribution < -0.4 is 5.32 Å². The number of aromatic nitrogens is 1. The van der Waals surface area contributed by atoms with E-state index in [-0.39, 0.29) is 0 Å². The second-order valence-electron chi connectivity index (χ2n) is 5.31. The Morgan fingerprint density at radius 2 is 2.22 bits per heavy atom. The van der Waals surface area contributed by atoms with Crippen LogP contribution in [-0.4, -0.2) is 35.6 Å². The summed E-state index contributed by atoms with van der Waals surface area (Å²) >= 11 is 0. The van der Waals surface area contributed by atoms with E-state index >= 15 is 0 Å². The lowest BCUT2D eigenvalue weighted by molar-refractivity contribution is 0.167. The molecule has 102 valence electrons. The molecule has 1 aromatic heterocycles. The van der Waals surface area contributed by atoms with E-state index in [9.17, 15) is 0 Å². The monoisotopic (exact) mass is 251 g/mol. The zero-order chi connectivity index (χ0) is 13.0. The van der Waals surface area contributed by atoms with Crippen LogP contribution in [0.15, 0.2) is 10.6 Å². The second kappa shape index (κ2) is 6.34. The van der Waals surface area contributed by atoms with E-state index in [1.54, 1.807) is 6.20 Å². The number of nitrogens with zero attached hydrogens (tertiary/aromatic N) is 2. The first-order chi connectivity index (χ1) is 8.69. The molecule has 0 aromatic carbocycles. The van der Waals surface area contributed by atoms with Crippen LogP contribution in [0.1, 0.15) is 38.3 Å². The highest BCUT2D eigenvalue weighted by Crippen LogP contribution is 2.20. The number of rotatable bonds is 5. The average molecular weight is 251 g/mol.